The molecule has 0 aliphatic carbocycles. The summed E-state index contributed by atoms with van der Waals surface area (Å²) in [5, 5.41) is 3.50. The van der Waals surface area contributed by atoms with Gasteiger partial charge in [0.15, 0.2) is 0 Å². The van der Waals surface area contributed by atoms with E-state index in [1.54, 1.807) is 0 Å². The Morgan fingerprint density at radius 1 is 1.24 bits per heavy atom. The summed E-state index contributed by atoms with van der Waals surface area (Å²) in [6.45, 7) is 12.7. The summed E-state index contributed by atoms with van der Waals surface area (Å²) in [6, 6.07) is 7.53. The highest BCUT2D eigenvalue weighted by molar-refractivity contribution is 5.51. The third-order valence-corrected chi connectivity index (χ3v) is 4.55. The highest BCUT2D eigenvalue weighted by Crippen LogP contribution is 2.21. The number of rotatable bonds is 3. The van der Waals surface area contributed by atoms with Crippen LogP contribution in [0.15, 0.2) is 18.2 Å². The fourth-order valence-corrected chi connectivity index (χ4v) is 3.27. The number of morpholine rings is 1. The maximum atomic E-state index is 5.43. The van der Waals surface area contributed by atoms with E-state index in [1.165, 1.54) is 16.8 Å². The van der Waals surface area contributed by atoms with Crippen LogP contribution < -0.4 is 10.2 Å². The number of hydrogen-bond acceptors (Lipinski definition) is 4. The molecule has 0 spiro atoms. The van der Waals surface area contributed by atoms with Crippen LogP contribution in [0.4, 0.5) is 5.69 Å². The van der Waals surface area contributed by atoms with Gasteiger partial charge >= 0.3 is 0 Å². The number of hydrogen-bond donors (Lipinski definition) is 1. The smallest absolute Gasteiger partial charge is 0.0642 e. The van der Waals surface area contributed by atoms with Crippen LogP contribution in [0.1, 0.15) is 18.1 Å². The Kier molecular flexibility index (Phi) is 4.78. The van der Waals surface area contributed by atoms with E-state index in [0.717, 1.165) is 52.5 Å². The predicted molar refractivity (Wildman–Crippen MR) is 87.0 cm³/mol. The molecule has 0 amide bonds. The van der Waals surface area contributed by atoms with E-state index in [9.17, 15) is 0 Å². The highest BCUT2D eigenvalue weighted by Gasteiger charge is 2.17. The largest absolute Gasteiger partial charge is 0.378 e. The molecule has 1 atom stereocenters. The van der Waals surface area contributed by atoms with Crippen LogP contribution in [0.2, 0.25) is 0 Å². The predicted octanol–water partition coefficient (Wildman–Crippen LogP) is 1.63. The summed E-state index contributed by atoms with van der Waals surface area (Å²) < 4.78 is 5.43. The van der Waals surface area contributed by atoms with Crippen molar-refractivity contribution in [1.29, 1.82) is 0 Å². The van der Waals surface area contributed by atoms with Crippen molar-refractivity contribution in [2.75, 3.05) is 50.8 Å². The van der Waals surface area contributed by atoms with Gasteiger partial charge in [0.1, 0.15) is 0 Å². The number of nitrogens with one attached hydrogen (secondary N) is 1. The van der Waals surface area contributed by atoms with E-state index in [-0.39, 0.29) is 0 Å². The Morgan fingerprint density at radius 2 is 2.05 bits per heavy atom. The average molecular weight is 289 g/mol. The minimum atomic E-state index is 0.603. The first kappa shape index (κ1) is 14.8. The van der Waals surface area contributed by atoms with Gasteiger partial charge in [0, 0.05) is 51.0 Å². The third kappa shape index (κ3) is 3.76. The van der Waals surface area contributed by atoms with E-state index in [0.29, 0.717) is 6.04 Å². The van der Waals surface area contributed by atoms with Gasteiger partial charge in [0.2, 0.25) is 0 Å². The first-order chi connectivity index (χ1) is 10.2. The standard InChI is InChI=1S/C17H27N3O/c1-14-11-17(20-7-9-21-10-8-20)4-3-16(14)13-19-6-5-18-15(2)12-19/h3-4,11,15,18H,5-10,12-13H2,1-2H3/t15-/m0/s1. The normalized spacial score (nSPS) is 24.3. The number of piperazine rings is 1. The number of anilines is 1. The summed E-state index contributed by atoms with van der Waals surface area (Å²) >= 11 is 0. The van der Waals surface area contributed by atoms with E-state index in [2.05, 4.69) is 47.2 Å². The zero-order chi connectivity index (χ0) is 14.7. The van der Waals surface area contributed by atoms with Crippen LogP contribution in [-0.4, -0.2) is 56.9 Å². The fraction of sp³-hybridized carbons (Fsp3) is 0.647. The quantitative estimate of drug-likeness (QED) is 0.915. The number of aryl methyl sites for hydroxylation is 1. The van der Waals surface area contributed by atoms with Crippen molar-refractivity contribution in [3.63, 3.8) is 0 Å². The molecular weight excluding hydrogens is 262 g/mol. The minimum absolute atomic E-state index is 0.603. The van der Waals surface area contributed by atoms with E-state index in [4.69, 9.17) is 4.74 Å². The first-order valence-electron chi connectivity index (χ1n) is 8.10. The molecule has 0 radical (unpaired) electrons. The molecule has 116 valence electrons. The van der Waals surface area contributed by atoms with Gasteiger partial charge < -0.3 is 15.0 Å². The van der Waals surface area contributed by atoms with Crippen molar-refractivity contribution in [3.05, 3.63) is 29.3 Å². The molecule has 3 rings (SSSR count). The van der Waals surface area contributed by atoms with Gasteiger partial charge in [0.25, 0.3) is 0 Å². The third-order valence-electron chi connectivity index (χ3n) is 4.55. The molecule has 1 aromatic rings. The maximum absolute atomic E-state index is 5.43. The molecule has 4 heteroatoms. The van der Waals surface area contributed by atoms with Crippen LogP contribution in [-0.2, 0) is 11.3 Å². The lowest BCUT2D eigenvalue weighted by molar-refractivity contribution is 0.122. The van der Waals surface area contributed by atoms with Crippen molar-refractivity contribution in [1.82, 2.24) is 10.2 Å². The Morgan fingerprint density at radius 3 is 2.76 bits per heavy atom. The molecule has 4 nitrogen and oxygen atoms in total. The second-order valence-corrected chi connectivity index (χ2v) is 6.30. The van der Waals surface area contributed by atoms with Crippen LogP contribution >= 0.6 is 0 Å². The van der Waals surface area contributed by atoms with Gasteiger partial charge in [-0.2, -0.15) is 0 Å². The topological polar surface area (TPSA) is 27.7 Å². The molecule has 2 fully saturated rings. The first-order valence-corrected chi connectivity index (χ1v) is 8.10. The van der Waals surface area contributed by atoms with E-state index < -0.39 is 0 Å². The van der Waals surface area contributed by atoms with Crippen LogP contribution in [0, 0.1) is 6.92 Å². The van der Waals surface area contributed by atoms with Gasteiger partial charge in [-0.3, -0.25) is 4.90 Å². The molecule has 1 N–H and O–H groups in total. The fourth-order valence-electron chi connectivity index (χ4n) is 3.27. The average Bonchev–Trinajstić information content (AvgIpc) is 2.50. The molecule has 0 saturated carbocycles. The summed E-state index contributed by atoms with van der Waals surface area (Å²) in [4.78, 5) is 4.98. The number of nitrogens with zero attached hydrogens (tertiary/aromatic N) is 2. The van der Waals surface area contributed by atoms with Crippen LogP contribution in [0.5, 0.6) is 0 Å². The van der Waals surface area contributed by atoms with Crippen LogP contribution in [0.25, 0.3) is 0 Å². The van der Waals surface area contributed by atoms with Gasteiger partial charge in [0.05, 0.1) is 13.2 Å². The minimum Gasteiger partial charge on any atom is -0.378 e. The molecule has 21 heavy (non-hydrogen) atoms. The van der Waals surface area contributed by atoms with Gasteiger partial charge in [-0.25, -0.2) is 0 Å². The highest BCUT2D eigenvalue weighted by atomic mass is 16.5. The Hall–Kier alpha value is -1.10. The monoisotopic (exact) mass is 289 g/mol. The van der Waals surface area contributed by atoms with Gasteiger partial charge in [-0.1, -0.05) is 6.07 Å². The molecule has 0 aromatic heterocycles. The second kappa shape index (κ2) is 6.77. The lowest BCUT2D eigenvalue weighted by Crippen LogP contribution is -2.48. The van der Waals surface area contributed by atoms with Crippen molar-refractivity contribution in [3.8, 4) is 0 Å². The Labute approximate surface area is 128 Å². The van der Waals surface area contributed by atoms with Crippen molar-refractivity contribution < 1.29 is 4.74 Å². The van der Waals surface area contributed by atoms with E-state index >= 15 is 0 Å². The molecule has 2 aliphatic heterocycles. The summed E-state index contributed by atoms with van der Waals surface area (Å²) in [7, 11) is 0. The zero-order valence-electron chi connectivity index (χ0n) is 13.3. The zero-order valence-corrected chi connectivity index (χ0v) is 13.3. The number of benzene rings is 1. The van der Waals surface area contributed by atoms with Crippen LogP contribution in [0.3, 0.4) is 0 Å². The van der Waals surface area contributed by atoms with Crippen molar-refractivity contribution in [2.24, 2.45) is 0 Å². The molecule has 1 aromatic carbocycles. The Balaban J connectivity index is 1.66. The summed E-state index contributed by atoms with van der Waals surface area (Å²) in [5.74, 6) is 0. The second-order valence-electron chi connectivity index (χ2n) is 6.30. The Bertz CT molecular complexity index is 471. The molecule has 2 saturated heterocycles. The lowest BCUT2D eigenvalue weighted by atomic mass is 10.1. The summed E-state index contributed by atoms with van der Waals surface area (Å²) in [5.41, 5.74) is 4.21. The SMILES string of the molecule is Cc1cc(N2CCOCC2)ccc1CN1CCN[C@@H](C)C1. The van der Waals surface area contributed by atoms with Crippen molar-refractivity contribution in [2.45, 2.75) is 26.4 Å². The molecule has 2 heterocycles. The molecule has 0 bridgehead atoms. The number of ether oxygens (including phenoxy) is 1. The van der Waals surface area contributed by atoms with Crippen molar-refractivity contribution >= 4 is 5.69 Å². The van der Waals surface area contributed by atoms with Gasteiger partial charge in [-0.15, -0.1) is 0 Å². The van der Waals surface area contributed by atoms with Gasteiger partial charge in [-0.05, 0) is 37.1 Å². The van der Waals surface area contributed by atoms with E-state index in [1.807, 2.05) is 0 Å². The molecule has 2 aliphatic rings. The lowest BCUT2D eigenvalue weighted by Gasteiger charge is -2.33. The summed E-state index contributed by atoms with van der Waals surface area (Å²) in [6.07, 6.45) is 0. The molecule has 0 unspecified atom stereocenters. The maximum Gasteiger partial charge on any atom is 0.0642 e. The molecular formula is C17H27N3O.